The first-order valence-electron chi connectivity index (χ1n) is 16.6. The lowest BCUT2D eigenvalue weighted by molar-refractivity contribution is 0.0523. The summed E-state index contributed by atoms with van der Waals surface area (Å²) in [6, 6.07) is 12.1. The van der Waals surface area contributed by atoms with E-state index in [1.54, 1.807) is 45.0 Å². The molecule has 1 amide bonds. The largest absolute Gasteiger partial charge is 0.488 e. The van der Waals surface area contributed by atoms with Gasteiger partial charge in [0.25, 0.3) is 0 Å². The number of piperidine rings is 1. The normalized spacial score (nSPS) is 15.2. The van der Waals surface area contributed by atoms with Crippen LogP contribution in [0.4, 0.5) is 16.4 Å². The van der Waals surface area contributed by atoms with Gasteiger partial charge in [0.1, 0.15) is 16.3 Å². The standard InChI is InChI=1S/C37H46BClN4O6/c1-21-17-26(33-27(18-21)32(44)22(2)34(48-33)43-15-13-37(7,8)14-16-43)23(3)41-29-11-12-30(39)42-31(29)24-9-10-28(38(46)47)25(19-24)20-40-35(45)49-36(4,5)6/h9-12,17-19,23,41,46-47H,13-16,20H2,1-8H3,(H,40,45). The Kier molecular flexibility index (Phi) is 10.4. The molecular weight excluding hydrogens is 643 g/mol. The molecule has 0 spiro atoms. The summed E-state index contributed by atoms with van der Waals surface area (Å²) in [5, 5.41) is 27.2. The highest BCUT2D eigenvalue weighted by Gasteiger charge is 2.29. The van der Waals surface area contributed by atoms with Crippen LogP contribution in [0.25, 0.3) is 22.2 Å². The highest BCUT2D eigenvalue weighted by Crippen LogP contribution is 2.37. The van der Waals surface area contributed by atoms with E-state index in [0.29, 0.717) is 44.9 Å². The minimum atomic E-state index is -1.76. The zero-order valence-corrected chi connectivity index (χ0v) is 30.3. The Balaban J connectivity index is 1.51. The van der Waals surface area contributed by atoms with Crippen LogP contribution in [-0.2, 0) is 11.3 Å². The fraction of sp³-hybridized carbons (Fsp3) is 0.432. The minimum absolute atomic E-state index is 0.0139. The number of ether oxygens (including phenoxy) is 1. The molecule has 2 aromatic heterocycles. The van der Waals surface area contributed by atoms with Gasteiger partial charge in [-0.05, 0) is 101 Å². The van der Waals surface area contributed by atoms with E-state index in [-0.39, 0.29) is 34.0 Å². The number of aromatic nitrogens is 1. The second kappa shape index (κ2) is 14.1. The first-order chi connectivity index (χ1) is 22.9. The molecule has 4 N–H and O–H groups in total. The molecule has 3 heterocycles. The monoisotopic (exact) mass is 688 g/mol. The number of amides is 1. The third kappa shape index (κ3) is 8.40. The Morgan fingerprint density at radius 3 is 2.47 bits per heavy atom. The quantitative estimate of drug-likeness (QED) is 0.119. The van der Waals surface area contributed by atoms with Gasteiger partial charge in [0.2, 0.25) is 5.88 Å². The fourth-order valence-electron chi connectivity index (χ4n) is 6.22. The number of pyridine rings is 1. The van der Waals surface area contributed by atoms with Gasteiger partial charge in [-0.1, -0.05) is 43.6 Å². The second-order valence-electron chi connectivity index (χ2n) is 14.8. The van der Waals surface area contributed by atoms with Crippen LogP contribution in [0, 0.1) is 19.3 Å². The van der Waals surface area contributed by atoms with E-state index in [0.717, 1.165) is 37.1 Å². The molecule has 49 heavy (non-hydrogen) atoms. The second-order valence-corrected chi connectivity index (χ2v) is 15.2. The Bertz CT molecular complexity index is 1930. The summed E-state index contributed by atoms with van der Waals surface area (Å²) in [6.07, 6.45) is 1.39. The van der Waals surface area contributed by atoms with Crippen molar-refractivity contribution in [3.05, 3.63) is 80.1 Å². The van der Waals surface area contributed by atoms with Crippen LogP contribution < -0.4 is 26.4 Å². The van der Waals surface area contributed by atoms with Gasteiger partial charge >= 0.3 is 13.2 Å². The molecule has 0 bridgehead atoms. The van der Waals surface area contributed by atoms with Gasteiger partial charge in [-0.25, -0.2) is 9.78 Å². The van der Waals surface area contributed by atoms with Crippen molar-refractivity contribution in [2.24, 2.45) is 5.41 Å². The number of fused-ring (bicyclic) bond motifs is 1. The summed E-state index contributed by atoms with van der Waals surface area (Å²) in [5.74, 6) is 0.623. The van der Waals surface area contributed by atoms with E-state index in [9.17, 15) is 19.6 Å². The van der Waals surface area contributed by atoms with E-state index in [2.05, 4.69) is 34.4 Å². The number of aryl methyl sites for hydroxylation is 1. The van der Waals surface area contributed by atoms with Crippen molar-refractivity contribution >= 4 is 52.8 Å². The Hall–Kier alpha value is -4.06. The Labute approximate surface area is 293 Å². The molecule has 10 nitrogen and oxygen atoms in total. The molecule has 4 aromatic rings. The Morgan fingerprint density at radius 1 is 1.12 bits per heavy atom. The van der Waals surface area contributed by atoms with Crippen molar-refractivity contribution in [3.63, 3.8) is 0 Å². The number of alkyl carbamates (subject to hydrolysis) is 1. The first kappa shape index (κ1) is 36.2. The lowest BCUT2D eigenvalue weighted by atomic mass is 9.76. The molecule has 1 saturated heterocycles. The van der Waals surface area contributed by atoms with Crippen LogP contribution in [-0.4, -0.2) is 46.9 Å². The number of halogens is 1. The summed E-state index contributed by atoms with van der Waals surface area (Å²) in [4.78, 5) is 33.0. The van der Waals surface area contributed by atoms with Crippen molar-refractivity contribution in [1.82, 2.24) is 10.3 Å². The van der Waals surface area contributed by atoms with E-state index in [4.69, 9.17) is 20.8 Å². The fourth-order valence-corrected chi connectivity index (χ4v) is 6.36. The molecule has 1 fully saturated rings. The molecule has 5 rings (SSSR count). The topological polar surface area (TPSA) is 137 Å². The maximum Gasteiger partial charge on any atom is 0.488 e. The van der Waals surface area contributed by atoms with E-state index < -0.39 is 18.8 Å². The number of anilines is 2. The van der Waals surface area contributed by atoms with Gasteiger partial charge in [0, 0.05) is 30.8 Å². The SMILES string of the molecule is Cc1cc(C(C)Nc2ccc(Cl)nc2-c2ccc(B(O)O)c(CNC(=O)OC(C)(C)C)c2)c2oc(N3CCC(C)(C)CC3)c(C)c(=O)c2c1. The molecule has 0 saturated carbocycles. The molecule has 12 heteroatoms. The summed E-state index contributed by atoms with van der Waals surface area (Å²) in [7, 11) is -1.76. The number of rotatable bonds is 8. The smallest absolute Gasteiger partial charge is 0.444 e. The first-order valence-corrected chi connectivity index (χ1v) is 17.0. The predicted octanol–water partition coefficient (Wildman–Crippen LogP) is 6.63. The van der Waals surface area contributed by atoms with Gasteiger partial charge in [-0.3, -0.25) is 4.79 Å². The maximum absolute atomic E-state index is 13.8. The van der Waals surface area contributed by atoms with Crippen LogP contribution in [0.15, 0.2) is 51.7 Å². The molecule has 2 aromatic carbocycles. The van der Waals surface area contributed by atoms with Crippen LogP contribution in [0.5, 0.6) is 0 Å². The lowest BCUT2D eigenvalue weighted by Gasteiger charge is -2.37. The van der Waals surface area contributed by atoms with Crippen LogP contribution >= 0.6 is 11.6 Å². The highest BCUT2D eigenvalue weighted by molar-refractivity contribution is 6.59. The van der Waals surface area contributed by atoms with Gasteiger partial charge in [-0.2, -0.15) is 0 Å². The maximum atomic E-state index is 13.8. The van der Waals surface area contributed by atoms with Crippen LogP contribution in [0.1, 0.15) is 82.7 Å². The zero-order chi connectivity index (χ0) is 35.8. The summed E-state index contributed by atoms with van der Waals surface area (Å²) >= 11 is 6.40. The molecule has 1 unspecified atom stereocenters. The van der Waals surface area contributed by atoms with Crippen molar-refractivity contribution in [2.75, 3.05) is 23.3 Å². The Morgan fingerprint density at radius 2 is 1.82 bits per heavy atom. The third-order valence-corrected chi connectivity index (χ3v) is 9.20. The van der Waals surface area contributed by atoms with Crippen molar-refractivity contribution in [3.8, 4) is 11.3 Å². The number of hydrogen-bond donors (Lipinski definition) is 4. The molecule has 1 atom stereocenters. The van der Waals surface area contributed by atoms with Crippen LogP contribution in [0.3, 0.4) is 0 Å². The highest BCUT2D eigenvalue weighted by atomic mass is 35.5. The average molecular weight is 689 g/mol. The molecule has 1 aliphatic rings. The summed E-state index contributed by atoms with van der Waals surface area (Å²) in [5.41, 5.74) is 4.94. The number of benzene rings is 2. The molecule has 1 aliphatic heterocycles. The number of nitrogens with zero attached hydrogens (tertiary/aromatic N) is 2. The zero-order valence-electron chi connectivity index (χ0n) is 29.5. The minimum Gasteiger partial charge on any atom is -0.444 e. The number of carbonyl (C=O) groups is 1. The van der Waals surface area contributed by atoms with Crippen molar-refractivity contribution < 1.29 is 24.0 Å². The molecule has 0 aliphatic carbocycles. The van der Waals surface area contributed by atoms with Gasteiger partial charge in [-0.15, -0.1) is 0 Å². The van der Waals surface area contributed by atoms with Crippen LogP contribution in [0.2, 0.25) is 5.15 Å². The number of nitrogens with one attached hydrogen (secondary N) is 2. The van der Waals surface area contributed by atoms with Gasteiger partial charge in [0.15, 0.2) is 5.43 Å². The molecule has 0 radical (unpaired) electrons. The lowest BCUT2D eigenvalue weighted by Crippen LogP contribution is -2.38. The van der Waals surface area contributed by atoms with E-state index >= 15 is 0 Å². The average Bonchev–Trinajstić information content (AvgIpc) is 3.01. The van der Waals surface area contributed by atoms with Crippen molar-refractivity contribution in [2.45, 2.75) is 86.4 Å². The summed E-state index contributed by atoms with van der Waals surface area (Å²) < 4.78 is 12.0. The molecular formula is C37H46BClN4O6. The number of hydrogen-bond acceptors (Lipinski definition) is 9. The van der Waals surface area contributed by atoms with Gasteiger partial charge < -0.3 is 34.7 Å². The van der Waals surface area contributed by atoms with Crippen molar-refractivity contribution in [1.29, 1.82) is 0 Å². The van der Waals surface area contributed by atoms with E-state index in [1.807, 2.05) is 39.0 Å². The van der Waals surface area contributed by atoms with Gasteiger partial charge in [0.05, 0.1) is 28.4 Å². The van der Waals surface area contributed by atoms with E-state index in [1.165, 1.54) is 0 Å². The summed E-state index contributed by atoms with van der Waals surface area (Å²) in [6.45, 7) is 17.3. The predicted molar refractivity (Wildman–Crippen MR) is 197 cm³/mol. The molecule has 260 valence electrons. The third-order valence-electron chi connectivity index (χ3n) is 8.99. The number of carbonyl (C=O) groups excluding carboxylic acids is 1.